The Bertz CT molecular complexity index is 780. The van der Waals surface area contributed by atoms with Crippen LogP contribution in [0.15, 0.2) is 36.9 Å². The molecule has 1 amide bonds. The van der Waals surface area contributed by atoms with E-state index in [9.17, 15) is 4.79 Å². The quantitative estimate of drug-likeness (QED) is 0.776. The summed E-state index contributed by atoms with van der Waals surface area (Å²) < 4.78 is 7.12. The van der Waals surface area contributed by atoms with Crippen molar-refractivity contribution in [3.8, 4) is 5.75 Å². The molecule has 138 valence electrons. The van der Waals surface area contributed by atoms with Crippen LogP contribution >= 0.6 is 0 Å². The van der Waals surface area contributed by atoms with Gasteiger partial charge in [-0.2, -0.15) is 5.10 Å². The van der Waals surface area contributed by atoms with Gasteiger partial charge in [-0.3, -0.25) is 14.4 Å². The van der Waals surface area contributed by atoms with Crippen molar-refractivity contribution < 1.29 is 9.53 Å². The lowest BCUT2D eigenvalue weighted by molar-refractivity contribution is 0.0943. The Balaban J connectivity index is 1.74. The van der Waals surface area contributed by atoms with Crippen LogP contribution in [-0.4, -0.2) is 40.8 Å². The topological polar surface area (TPSA) is 59.4 Å². The van der Waals surface area contributed by atoms with Crippen LogP contribution in [0.25, 0.3) is 0 Å². The van der Waals surface area contributed by atoms with Crippen molar-refractivity contribution in [3.05, 3.63) is 59.4 Å². The highest BCUT2D eigenvalue weighted by Gasteiger charge is 2.27. The van der Waals surface area contributed by atoms with Gasteiger partial charge in [0.05, 0.1) is 7.11 Å². The minimum absolute atomic E-state index is 0.121. The van der Waals surface area contributed by atoms with Gasteiger partial charge >= 0.3 is 0 Å². The number of carbonyl (C=O) groups excluding carboxylic acids is 1. The van der Waals surface area contributed by atoms with Gasteiger partial charge in [0.15, 0.2) is 5.69 Å². The number of carbonyl (C=O) groups is 1. The fraction of sp³-hybridized carbons (Fsp3) is 0.400. The first-order valence-corrected chi connectivity index (χ1v) is 8.99. The average Bonchev–Trinajstić information content (AvgIpc) is 3.05. The summed E-state index contributed by atoms with van der Waals surface area (Å²) in [5, 5.41) is 7.57. The third-order valence-corrected chi connectivity index (χ3v) is 4.73. The molecule has 0 fully saturated rings. The average molecular weight is 354 g/mol. The number of hydrogen-bond acceptors (Lipinski definition) is 4. The number of ether oxygens (including phenoxy) is 1. The smallest absolute Gasteiger partial charge is 0.272 e. The Morgan fingerprint density at radius 1 is 1.38 bits per heavy atom. The van der Waals surface area contributed by atoms with Crippen LogP contribution in [0.4, 0.5) is 0 Å². The third-order valence-electron chi connectivity index (χ3n) is 4.73. The zero-order valence-electron chi connectivity index (χ0n) is 15.5. The number of nitrogens with one attached hydrogen (secondary N) is 1. The van der Waals surface area contributed by atoms with Crippen molar-refractivity contribution in [2.24, 2.45) is 0 Å². The van der Waals surface area contributed by atoms with Gasteiger partial charge in [0.2, 0.25) is 0 Å². The number of benzene rings is 1. The highest BCUT2D eigenvalue weighted by Crippen LogP contribution is 2.23. The first-order valence-electron chi connectivity index (χ1n) is 8.99. The summed E-state index contributed by atoms with van der Waals surface area (Å²) >= 11 is 0. The molecule has 0 aliphatic carbocycles. The van der Waals surface area contributed by atoms with E-state index in [1.54, 1.807) is 7.11 Å². The van der Waals surface area contributed by atoms with E-state index in [1.807, 2.05) is 35.0 Å². The lowest BCUT2D eigenvalue weighted by Gasteiger charge is -2.26. The van der Waals surface area contributed by atoms with E-state index < -0.39 is 0 Å². The molecule has 2 heterocycles. The number of fused-ring (bicyclic) bond motifs is 1. The molecule has 1 aromatic carbocycles. The van der Waals surface area contributed by atoms with Gasteiger partial charge in [0.25, 0.3) is 5.91 Å². The number of nitrogens with zero attached hydrogens (tertiary/aromatic N) is 3. The van der Waals surface area contributed by atoms with Gasteiger partial charge in [0, 0.05) is 50.4 Å². The van der Waals surface area contributed by atoms with Gasteiger partial charge in [-0.25, -0.2) is 0 Å². The Hall–Kier alpha value is -2.60. The molecule has 6 nitrogen and oxygen atoms in total. The number of amides is 1. The Kier molecular flexibility index (Phi) is 5.73. The van der Waals surface area contributed by atoms with Gasteiger partial charge in [0.1, 0.15) is 5.75 Å². The minimum Gasteiger partial charge on any atom is -0.497 e. The van der Waals surface area contributed by atoms with Gasteiger partial charge in [-0.15, -0.1) is 6.58 Å². The summed E-state index contributed by atoms with van der Waals surface area (Å²) in [5.41, 5.74) is 3.80. The Labute approximate surface area is 154 Å². The van der Waals surface area contributed by atoms with Crippen LogP contribution < -0.4 is 10.1 Å². The van der Waals surface area contributed by atoms with Crippen LogP contribution in [0.3, 0.4) is 0 Å². The van der Waals surface area contributed by atoms with Crippen LogP contribution in [0.5, 0.6) is 5.75 Å². The molecular formula is C20H26N4O2. The van der Waals surface area contributed by atoms with Gasteiger partial charge in [-0.1, -0.05) is 18.2 Å². The van der Waals surface area contributed by atoms with E-state index in [2.05, 4.69) is 28.8 Å². The van der Waals surface area contributed by atoms with Crippen LogP contribution in [0.1, 0.15) is 34.2 Å². The Morgan fingerprint density at radius 3 is 2.81 bits per heavy atom. The molecular weight excluding hydrogens is 328 g/mol. The summed E-state index contributed by atoms with van der Waals surface area (Å²) in [6, 6.07) is 7.68. The molecule has 1 aliphatic heterocycles. The summed E-state index contributed by atoms with van der Waals surface area (Å²) in [6.07, 6.45) is 2.81. The van der Waals surface area contributed by atoms with Crippen molar-refractivity contribution in [1.29, 1.82) is 0 Å². The van der Waals surface area contributed by atoms with E-state index in [-0.39, 0.29) is 5.91 Å². The molecule has 1 aromatic heterocycles. The molecule has 0 radical (unpaired) electrons. The molecule has 3 rings (SSSR count). The van der Waals surface area contributed by atoms with Crippen LogP contribution in [-0.2, 0) is 26.1 Å². The maximum Gasteiger partial charge on any atom is 0.272 e. The SMILES string of the molecule is C=CCN1CCc2c(c(C(=O)NCc3ccc(OC)cc3)nn2CC)C1. The maximum absolute atomic E-state index is 12.8. The summed E-state index contributed by atoms with van der Waals surface area (Å²) in [7, 11) is 1.64. The monoisotopic (exact) mass is 354 g/mol. The van der Waals surface area contributed by atoms with E-state index in [0.717, 1.165) is 49.5 Å². The number of aromatic nitrogens is 2. The van der Waals surface area contributed by atoms with Crippen molar-refractivity contribution in [2.75, 3.05) is 20.2 Å². The molecule has 0 unspecified atom stereocenters. The number of methoxy groups -OCH3 is 1. The van der Waals surface area contributed by atoms with Crippen molar-refractivity contribution in [3.63, 3.8) is 0 Å². The number of hydrogen-bond donors (Lipinski definition) is 1. The van der Waals surface area contributed by atoms with Crippen LogP contribution in [0.2, 0.25) is 0 Å². The number of rotatable bonds is 7. The van der Waals surface area contributed by atoms with E-state index in [4.69, 9.17) is 4.74 Å². The van der Waals surface area contributed by atoms with Gasteiger partial charge in [-0.05, 0) is 24.6 Å². The fourth-order valence-corrected chi connectivity index (χ4v) is 3.34. The first kappa shape index (κ1) is 18.2. The molecule has 26 heavy (non-hydrogen) atoms. The molecule has 0 atom stereocenters. The summed E-state index contributed by atoms with van der Waals surface area (Å²) in [6.45, 7) is 9.65. The zero-order valence-corrected chi connectivity index (χ0v) is 15.5. The molecule has 0 saturated carbocycles. The molecule has 1 N–H and O–H groups in total. The molecule has 0 saturated heterocycles. The van der Waals surface area contributed by atoms with Crippen molar-refractivity contribution in [1.82, 2.24) is 20.0 Å². The van der Waals surface area contributed by atoms with Crippen molar-refractivity contribution >= 4 is 5.91 Å². The fourth-order valence-electron chi connectivity index (χ4n) is 3.34. The maximum atomic E-state index is 12.8. The Morgan fingerprint density at radius 2 is 2.15 bits per heavy atom. The van der Waals surface area contributed by atoms with Crippen molar-refractivity contribution in [2.45, 2.75) is 33.0 Å². The molecule has 2 aromatic rings. The lowest BCUT2D eigenvalue weighted by atomic mass is 10.0. The summed E-state index contributed by atoms with van der Waals surface area (Å²) in [5.74, 6) is 0.683. The largest absolute Gasteiger partial charge is 0.497 e. The van der Waals surface area contributed by atoms with E-state index in [0.29, 0.717) is 12.2 Å². The summed E-state index contributed by atoms with van der Waals surface area (Å²) in [4.78, 5) is 15.0. The molecule has 1 aliphatic rings. The molecule has 0 spiro atoms. The zero-order chi connectivity index (χ0) is 18.5. The lowest BCUT2D eigenvalue weighted by Crippen LogP contribution is -2.32. The van der Waals surface area contributed by atoms with Gasteiger partial charge < -0.3 is 10.1 Å². The highest BCUT2D eigenvalue weighted by atomic mass is 16.5. The number of aryl methyl sites for hydroxylation is 1. The third kappa shape index (κ3) is 3.80. The first-order chi connectivity index (χ1) is 12.7. The van der Waals surface area contributed by atoms with Crippen LogP contribution in [0, 0.1) is 0 Å². The second-order valence-corrected chi connectivity index (χ2v) is 6.39. The molecule has 6 heteroatoms. The minimum atomic E-state index is -0.121. The predicted octanol–water partition coefficient (Wildman–Crippen LogP) is 2.39. The second-order valence-electron chi connectivity index (χ2n) is 6.39. The normalized spacial score (nSPS) is 13.9. The molecule has 0 bridgehead atoms. The van der Waals surface area contributed by atoms with E-state index >= 15 is 0 Å². The predicted molar refractivity (Wildman–Crippen MR) is 101 cm³/mol. The van der Waals surface area contributed by atoms with E-state index in [1.165, 1.54) is 5.69 Å². The standard InChI is InChI=1S/C20H26N4O2/c1-4-11-23-12-10-18-17(14-23)19(22-24(18)5-2)20(25)21-13-15-6-8-16(26-3)9-7-15/h4,6-9H,1,5,10-14H2,2-3H3,(H,21,25). The second kappa shape index (κ2) is 8.19. The highest BCUT2D eigenvalue weighted by molar-refractivity contribution is 5.94.